The van der Waals surface area contributed by atoms with Gasteiger partial charge < -0.3 is 9.84 Å². The minimum absolute atomic E-state index is 0.393. The van der Waals surface area contributed by atoms with Gasteiger partial charge in [-0.15, -0.1) is 5.10 Å². The van der Waals surface area contributed by atoms with Gasteiger partial charge in [-0.25, -0.2) is 4.68 Å². The molecule has 0 aliphatic carbocycles. The summed E-state index contributed by atoms with van der Waals surface area (Å²) >= 11 is 1.65. The van der Waals surface area contributed by atoms with Gasteiger partial charge in [0.25, 0.3) is 5.89 Å². The van der Waals surface area contributed by atoms with Gasteiger partial charge in [0.15, 0.2) is 11.5 Å². The molecular formula is C9H12N6OS. The van der Waals surface area contributed by atoms with E-state index in [1.165, 1.54) is 0 Å². The van der Waals surface area contributed by atoms with Crippen LogP contribution in [0.25, 0.3) is 11.6 Å². The Morgan fingerprint density at radius 2 is 2.47 bits per heavy atom. The molecule has 1 aliphatic heterocycles. The van der Waals surface area contributed by atoms with Gasteiger partial charge in [0.1, 0.15) is 0 Å². The Balaban J connectivity index is 1.79. The van der Waals surface area contributed by atoms with E-state index in [0.29, 0.717) is 23.5 Å². The Morgan fingerprint density at radius 1 is 1.59 bits per heavy atom. The molecule has 7 nitrogen and oxygen atoms in total. The van der Waals surface area contributed by atoms with Crippen molar-refractivity contribution in [3.63, 3.8) is 0 Å². The molecule has 0 saturated carbocycles. The highest BCUT2D eigenvalue weighted by atomic mass is 32.2. The molecule has 1 N–H and O–H groups in total. The van der Waals surface area contributed by atoms with Crippen LogP contribution >= 0.6 is 11.8 Å². The second kappa shape index (κ2) is 4.46. The normalized spacial score (nSPS) is 16.1. The molecule has 0 radical (unpaired) electrons. The van der Waals surface area contributed by atoms with E-state index in [4.69, 9.17) is 4.52 Å². The fourth-order valence-corrected chi connectivity index (χ4v) is 1.93. The lowest BCUT2D eigenvalue weighted by Crippen LogP contribution is -2.43. The van der Waals surface area contributed by atoms with Crippen molar-refractivity contribution in [3.8, 4) is 11.6 Å². The summed E-state index contributed by atoms with van der Waals surface area (Å²) in [6, 6.07) is 0.393. The molecule has 2 aromatic heterocycles. The third kappa shape index (κ3) is 2.05. The quantitative estimate of drug-likeness (QED) is 0.840. The second-order valence-electron chi connectivity index (χ2n) is 3.84. The molecule has 2 aromatic rings. The van der Waals surface area contributed by atoms with Crippen LogP contribution in [-0.4, -0.2) is 44.5 Å². The van der Waals surface area contributed by atoms with Crippen LogP contribution in [0.5, 0.6) is 0 Å². The summed E-state index contributed by atoms with van der Waals surface area (Å²) in [7, 11) is 0. The van der Waals surface area contributed by atoms with E-state index in [1.54, 1.807) is 11.8 Å². The van der Waals surface area contributed by atoms with E-state index >= 15 is 0 Å². The minimum atomic E-state index is 0.393. The van der Waals surface area contributed by atoms with Crippen LogP contribution in [0.4, 0.5) is 0 Å². The highest BCUT2D eigenvalue weighted by Gasteiger charge is 2.21. The molecule has 1 fully saturated rings. The third-order valence-corrected chi connectivity index (χ3v) is 3.15. The average Bonchev–Trinajstić information content (AvgIpc) is 2.84. The number of rotatable bonds is 4. The number of hydrogen-bond donors (Lipinski definition) is 1. The van der Waals surface area contributed by atoms with E-state index in [2.05, 4.69) is 25.8 Å². The molecule has 3 heterocycles. The van der Waals surface area contributed by atoms with E-state index in [0.717, 1.165) is 18.8 Å². The Bertz CT molecular complexity index is 505. The van der Waals surface area contributed by atoms with E-state index in [-0.39, 0.29) is 0 Å². The molecule has 8 heteroatoms. The highest BCUT2D eigenvalue weighted by molar-refractivity contribution is 7.97. The van der Waals surface area contributed by atoms with Gasteiger partial charge in [-0.2, -0.15) is 16.7 Å². The van der Waals surface area contributed by atoms with Gasteiger partial charge >= 0.3 is 0 Å². The molecule has 3 rings (SSSR count). The summed E-state index contributed by atoms with van der Waals surface area (Å²) in [5.41, 5.74) is 0.636. The first kappa shape index (κ1) is 10.7. The first-order valence-electron chi connectivity index (χ1n) is 5.31. The van der Waals surface area contributed by atoms with Crippen LogP contribution in [0.15, 0.2) is 10.7 Å². The van der Waals surface area contributed by atoms with Crippen LogP contribution in [-0.2, 0) is 5.75 Å². The molecule has 0 unspecified atom stereocenters. The van der Waals surface area contributed by atoms with E-state index in [1.807, 2.05) is 17.1 Å². The number of nitrogens with one attached hydrogen (secondary N) is 1. The first-order chi connectivity index (χ1) is 8.36. The number of hydrogen-bond acceptors (Lipinski definition) is 7. The Labute approximate surface area is 102 Å². The van der Waals surface area contributed by atoms with Gasteiger partial charge in [-0.1, -0.05) is 10.4 Å². The zero-order valence-electron chi connectivity index (χ0n) is 9.33. The summed E-state index contributed by atoms with van der Waals surface area (Å²) in [5, 5.41) is 15.2. The van der Waals surface area contributed by atoms with E-state index in [9.17, 15) is 0 Å². The predicted molar refractivity (Wildman–Crippen MR) is 62.4 cm³/mol. The largest absolute Gasteiger partial charge is 0.332 e. The zero-order valence-corrected chi connectivity index (χ0v) is 10.1. The van der Waals surface area contributed by atoms with Crippen molar-refractivity contribution in [1.29, 1.82) is 0 Å². The van der Waals surface area contributed by atoms with Gasteiger partial charge in [0.2, 0.25) is 0 Å². The van der Waals surface area contributed by atoms with Crippen molar-refractivity contribution in [2.45, 2.75) is 11.8 Å². The van der Waals surface area contributed by atoms with Crippen LogP contribution < -0.4 is 5.32 Å². The Morgan fingerprint density at radius 3 is 3.18 bits per heavy atom. The van der Waals surface area contributed by atoms with E-state index < -0.39 is 0 Å². The molecule has 0 amide bonds. The third-order valence-electron chi connectivity index (χ3n) is 2.60. The highest BCUT2D eigenvalue weighted by Crippen LogP contribution is 2.18. The van der Waals surface area contributed by atoms with Crippen molar-refractivity contribution in [2.75, 3.05) is 19.3 Å². The maximum Gasteiger partial charge on any atom is 0.280 e. The molecule has 0 aromatic carbocycles. The molecular weight excluding hydrogens is 240 g/mol. The van der Waals surface area contributed by atoms with Crippen molar-refractivity contribution in [1.82, 2.24) is 30.5 Å². The van der Waals surface area contributed by atoms with Gasteiger partial charge in [0, 0.05) is 13.1 Å². The lowest BCUT2D eigenvalue weighted by atomic mass is 10.2. The van der Waals surface area contributed by atoms with Crippen molar-refractivity contribution in [2.24, 2.45) is 0 Å². The predicted octanol–water partition coefficient (Wildman–Crippen LogP) is 0.335. The Hall–Kier alpha value is -1.41. The Kier molecular flexibility index (Phi) is 2.81. The molecule has 0 spiro atoms. The first-order valence-corrected chi connectivity index (χ1v) is 6.70. The summed E-state index contributed by atoms with van der Waals surface area (Å²) in [6.07, 6.45) is 3.85. The lowest BCUT2D eigenvalue weighted by Gasteiger charge is -2.26. The van der Waals surface area contributed by atoms with Crippen molar-refractivity contribution in [3.05, 3.63) is 12.0 Å². The zero-order chi connectivity index (χ0) is 11.7. The SMILES string of the molecule is CSCc1noc(-c2cn(C3CNC3)nn2)n1. The molecule has 17 heavy (non-hydrogen) atoms. The van der Waals surface area contributed by atoms with Gasteiger partial charge in [-0.3, -0.25) is 0 Å². The molecule has 90 valence electrons. The van der Waals surface area contributed by atoms with Gasteiger partial charge in [0.05, 0.1) is 18.0 Å². The van der Waals surface area contributed by atoms with Crippen LogP contribution in [0.2, 0.25) is 0 Å². The summed E-state index contributed by atoms with van der Waals surface area (Å²) < 4.78 is 6.98. The fourth-order valence-electron chi connectivity index (χ4n) is 1.56. The van der Waals surface area contributed by atoms with Gasteiger partial charge in [-0.05, 0) is 6.26 Å². The smallest absolute Gasteiger partial charge is 0.280 e. The van der Waals surface area contributed by atoms with Crippen LogP contribution in [0.3, 0.4) is 0 Å². The fraction of sp³-hybridized carbons (Fsp3) is 0.556. The summed E-state index contributed by atoms with van der Waals surface area (Å²) in [6.45, 7) is 1.87. The maximum absolute atomic E-state index is 5.14. The number of thioether (sulfide) groups is 1. The molecule has 1 saturated heterocycles. The van der Waals surface area contributed by atoms with Crippen LogP contribution in [0, 0.1) is 0 Å². The standard InChI is InChI=1S/C9H12N6OS/c1-17-5-8-11-9(16-13-8)7-4-15(14-12-7)6-2-10-3-6/h4,6,10H,2-3,5H2,1H3. The maximum atomic E-state index is 5.14. The minimum Gasteiger partial charge on any atom is -0.332 e. The van der Waals surface area contributed by atoms with Crippen molar-refractivity contribution >= 4 is 11.8 Å². The summed E-state index contributed by atoms with van der Waals surface area (Å²) in [5.74, 6) is 1.87. The second-order valence-corrected chi connectivity index (χ2v) is 4.71. The van der Waals surface area contributed by atoms with Crippen molar-refractivity contribution < 1.29 is 4.52 Å². The summed E-state index contributed by atoms with van der Waals surface area (Å²) in [4.78, 5) is 4.26. The average molecular weight is 252 g/mol. The molecule has 1 aliphatic rings. The van der Waals surface area contributed by atoms with Crippen LogP contribution in [0.1, 0.15) is 11.9 Å². The topological polar surface area (TPSA) is 81.7 Å². The number of aromatic nitrogens is 5. The number of nitrogens with zero attached hydrogens (tertiary/aromatic N) is 5. The molecule has 0 atom stereocenters. The lowest BCUT2D eigenvalue weighted by molar-refractivity contribution is 0.313. The molecule has 0 bridgehead atoms. The monoisotopic (exact) mass is 252 g/mol.